The Morgan fingerprint density at radius 2 is 2.07 bits per heavy atom. The van der Waals surface area contributed by atoms with Gasteiger partial charge >= 0.3 is 0 Å². The summed E-state index contributed by atoms with van der Waals surface area (Å²) in [5.41, 5.74) is 7.58. The minimum absolute atomic E-state index is 0.243. The van der Waals surface area contributed by atoms with E-state index in [0.29, 0.717) is 6.04 Å². The molecule has 0 aromatic carbocycles. The molecule has 1 atom stereocenters. The lowest BCUT2D eigenvalue weighted by atomic mass is 9.92. The van der Waals surface area contributed by atoms with Crippen molar-refractivity contribution in [1.82, 2.24) is 9.78 Å². The Morgan fingerprint density at radius 3 is 2.43 bits per heavy atom. The van der Waals surface area contributed by atoms with E-state index in [1.807, 2.05) is 10.9 Å². The Bertz CT molecular complexity index is 321. The van der Waals surface area contributed by atoms with E-state index in [9.17, 15) is 0 Å². The zero-order valence-corrected chi connectivity index (χ0v) is 9.20. The summed E-state index contributed by atoms with van der Waals surface area (Å²) < 4.78 is 2.01. The fourth-order valence-corrected chi connectivity index (χ4v) is 2.02. The third-order valence-corrected chi connectivity index (χ3v) is 3.37. The molecule has 1 heterocycles. The second-order valence-corrected chi connectivity index (χ2v) is 4.75. The van der Waals surface area contributed by atoms with E-state index in [1.54, 1.807) is 0 Å². The first-order chi connectivity index (χ1) is 6.56. The second kappa shape index (κ2) is 3.09. The highest BCUT2D eigenvalue weighted by Crippen LogP contribution is 2.50. The van der Waals surface area contributed by atoms with Crippen LogP contribution in [-0.4, -0.2) is 15.8 Å². The molecule has 0 spiro atoms. The molecular formula is C11H19N3. The topological polar surface area (TPSA) is 43.8 Å². The maximum Gasteiger partial charge on any atom is 0.0528 e. The van der Waals surface area contributed by atoms with Gasteiger partial charge in [0.1, 0.15) is 0 Å². The van der Waals surface area contributed by atoms with Gasteiger partial charge in [-0.25, -0.2) is 0 Å². The van der Waals surface area contributed by atoms with Crippen LogP contribution in [0.5, 0.6) is 0 Å². The average Bonchev–Trinajstić information content (AvgIpc) is 2.77. The van der Waals surface area contributed by atoms with Crippen LogP contribution in [0.15, 0.2) is 12.4 Å². The van der Waals surface area contributed by atoms with Crippen molar-refractivity contribution in [2.75, 3.05) is 0 Å². The molecule has 78 valence electrons. The van der Waals surface area contributed by atoms with E-state index in [2.05, 4.69) is 32.1 Å². The minimum atomic E-state index is 0.243. The maximum absolute atomic E-state index is 6.01. The first kappa shape index (κ1) is 9.71. The quantitative estimate of drug-likeness (QED) is 0.796. The number of hydrogen-bond donors (Lipinski definition) is 1. The van der Waals surface area contributed by atoms with E-state index in [-0.39, 0.29) is 11.5 Å². The van der Waals surface area contributed by atoms with Crippen LogP contribution < -0.4 is 5.73 Å². The highest BCUT2D eigenvalue weighted by Gasteiger charge is 2.48. The summed E-state index contributed by atoms with van der Waals surface area (Å²) in [5, 5.41) is 4.37. The SMILES string of the molecule is CC(C)n1cc(C2(C(C)N)CC2)cn1. The molecule has 1 aromatic heterocycles. The number of nitrogens with two attached hydrogens (primary N) is 1. The van der Waals surface area contributed by atoms with Crippen LogP contribution in [0, 0.1) is 0 Å². The van der Waals surface area contributed by atoms with Crippen LogP contribution in [0.25, 0.3) is 0 Å². The van der Waals surface area contributed by atoms with Crippen molar-refractivity contribution in [2.45, 2.75) is 51.1 Å². The lowest BCUT2D eigenvalue weighted by Gasteiger charge is -2.17. The molecule has 3 heteroatoms. The monoisotopic (exact) mass is 193 g/mol. The van der Waals surface area contributed by atoms with E-state index in [1.165, 1.54) is 18.4 Å². The summed E-state index contributed by atoms with van der Waals surface area (Å²) in [6.07, 6.45) is 6.57. The Balaban J connectivity index is 2.25. The van der Waals surface area contributed by atoms with Crippen LogP contribution >= 0.6 is 0 Å². The highest BCUT2D eigenvalue weighted by atomic mass is 15.3. The van der Waals surface area contributed by atoms with Gasteiger partial charge in [0.05, 0.1) is 6.20 Å². The van der Waals surface area contributed by atoms with E-state index < -0.39 is 0 Å². The first-order valence-electron chi connectivity index (χ1n) is 5.36. The predicted octanol–water partition coefficient (Wildman–Crippen LogP) is 1.84. The van der Waals surface area contributed by atoms with Crippen LogP contribution in [-0.2, 0) is 5.41 Å². The van der Waals surface area contributed by atoms with Crippen molar-refractivity contribution < 1.29 is 0 Å². The smallest absolute Gasteiger partial charge is 0.0528 e. The Kier molecular flexibility index (Phi) is 2.14. The summed E-state index contributed by atoms with van der Waals surface area (Å²) in [6, 6.07) is 0.681. The Labute approximate surface area is 85.3 Å². The van der Waals surface area contributed by atoms with Crippen molar-refractivity contribution in [1.29, 1.82) is 0 Å². The first-order valence-corrected chi connectivity index (χ1v) is 5.36. The van der Waals surface area contributed by atoms with Gasteiger partial charge in [0.25, 0.3) is 0 Å². The van der Waals surface area contributed by atoms with Gasteiger partial charge in [0.2, 0.25) is 0 Å². The van der Waals surface area contributed by atoms with Crippen molar-refractivity contribution in [3.05, 3.63) is 18.0 Å². The summed E-state index contributed by atoms with van der Waals surface area (Å²) in [5.74, 6) is 0. The van der Waals surface area contributed by atoms with Gasteiger partial charge in [-0.15, -0.1) is 0 Å². The average molecular weight is 193 g/mol. The second-order valence-electron chi connectivity index (χ2n) is 4.75. The van der Waals surface area contributed by atoms with Gasteiger partial charge in [-0.05, 0) is 39.2 Å². The predicted molar refractivity (Wildman–Crippen MR) is 57.2 cm³/mol. The molecule has 0 saturated heterocycles. The normalized spacial score (nSPS) is 21.2. The third-order valence-electron chi connectivity index (χ3n) is 3.37. The zero-order chi connectivity index (χ0) is 10.3. The molecule has 3 nitrogen and oxygen atoms in total. The summed E-state index contributed by atoms with van der Waals surface area (Å²) in [6.45, 7) is 6.38. The third kappa shape index (κ3) is 1.36. The fourth-order valence-electron chi connectivity index (χ4n) is 2.02. The zero-order valence-electron chi connectivity index (χ0n) is 9.20. The number of nitrogens with zero attached hydrogens (tertiary/aromatic N) is 2. The van der Waals surface area contributed by atoms with Crippen LogP contribution in [0.1, 0.15) is 45.2 Å². The molecule has 14 heavy (non-hydrogen) atoms. The van der Waals surface area contributed by atoms with Crippen molar-refractivity contribution >= 4 is 0 Å². The maximum atomic E-state index is 6.01. The standard InChI is InChI=1S/C11H19N3/c1-8(2)14-7-10(6-13-14)11(4-5-11)9(3)12/h6-9H,4-5,12H2,1-3H3. The lowest BCUT2D eigenvalue weighted by molar-refractivity contribution is 0.526. The molecule has 0 bridgehead atoms. The van der Waals surface area contributed by atoms with Gasteiger partial charge in [-0.2, -0.15) is 5.10 Å². The lowest BCUT2D eigenvalue weighted by Crippen LogP contribution is -2.31. The molecule has 1 fully saturated rings. The van der Waals surface area contributed by atoms with Crippen molar-refractivity contribution in [2.24, 2.45) is 5.73 Å². The fraction of sp³-hybridized carbons (Fsp3) is 0.727. The summed E-state index contributed by atoms with van der Waals surface area (Å²) in [4.78, 5) is 0. The molecule has 1 aliphatic carbocycles. The Morgan fingerprint density at radius 1 is 1.43 bits per heavy atom. The van der Waals surface area contributed by atoms with Crippen molar-refractivity contribution in [3.63, 3.8) is 0 Å². The molecule has 0 radical (unpaired) electrons. The Hall–Kier alpha value is -0.830. The number of hydrogen-bond acceptors (Lipinski definition) is 2. The highest BCUT2D eigenvalue weighted by molar-refractivity contribution is 5.29. The van der Waals surface area contributed by atoms with Gasteiger partial charge in [-0.1, -0.05) is 0 Å². The molecule has 0 aliphatic heterocycles. The van der Waals surface area contributed by atoms with Gasteiger partial charge in [0, 0.05) is 23.7 Å². The van der Waals surface area contributed by atoms with Gasteiger partial charge < -0.3 is 5.73 Å². The molecule has 2 N–H and O–H groups in total. The number of aromatic nitrogens is 2. The molecule has 1 saturated carbocycles. The number of rotatable bonds is 3. The van der Waals surface area contributed by atoms with E-state index >= 15 is 0 Å². The van der Waals surface area contributed by atoms with E-state index in [0.717, 1.165) is 0 Å². The van der Waals surface area contributed by atoms with E-state index in [4.69, 9.17) is 5.73 Å². The van der Waals surface area contributed by atoms with Crippen LogP contribution in [0.3, 0.4) is 0 Å². The molecule has 0 amide bonds. The summed E-state index contributed by atoms with van der Waals surface area (Å²) >= 11 is 0. The minimum Gasteiger partial charge on any atom is -0.327 e. The molecule has 1 aliphatic rings. The van der Waals surface area contributed by atoms with Gasteiger partial charge in [0.15, 0.2) is 0 Å². The van der Waals surface area contributed by atoms with Crippen LogP contribution in [0.2, 0.25) is 0 Å². The molecule has 2 rings (SSSR count). The van der Waals surface area contributed by atoms with Crippen LogP contribution in [0.4, 0.5) is 0 Å². The molecular weight excluding hydrogens is 174 g/mol. The largest absolute Gasteiger partial charge is 0.327 e. The molecule has 1 aromatic rings. The van der Waals surface area contributed by atoms with Gasteiger partial charge in [-0.3, -0.25) is 4.68 Å². The van der Waals surface area contributed by atoms with Crippen molar-refractivity contribution in [3.8, 4) is 0 Å². The molecule has 1 unspecified atom stereocenters. The summed E-state index contributed by atoms with van der Waals surface area (Å²) in [7, 11) is 0.